The molecular weight excluding hydrogens is 496 g/mol. The van der Waals surface area contributed by atoms with Crippen molar-refractivity contribution in [2.45, 2.75) is 70.8 Å². The number of aliphatic carboxylic acids is 1. The number of nitrogens with zero attached hydrogens (tertiary/aromatic N) is 4. The van der Waals surface area contributed by atoms with Gasteiger partial charge in [0.2, 0.25) is 5.91 Å². The summed E-state index contributed by atoms with van der Waals surface area (Å²) in [7, 11) is 1.81. The second-order valence-corrected chi connectivity index (χ2v) is 11.4. The summed E-state index contributed by atoms with van der Waals surface area (Å²) in [5.74, 6) is -0.779. The smallest absolute Gasteiger partial charge is 0.319 e. The quantitative estimate of drug-likeness (QED) is 0.409. The molecule has 0 aliphatic carbocycles. The molecule has 0 bridgehead atoms. The highest BCUT2D eigenvalue weighted by Gasteiger charge is 2.47. The zero-order valence-corrected chi connectivity index (χ0v) is 23.9. The first kappa shape index (κ1) is 29.2. The van der Waals surface area contributed by atoms with E-state index >= 15 is 0 Å². The zero-order chi connectivity index (χ0) is 27.9. The van der Waals surface area contributed by atoms with Crippen LogP contribution in [0.25, 0.3) is 0 Å². The Labute approximate surface area is 233 Å². The molecule has 0 radical (unpaired) electrons. The number of hydrogen-bond acceptors (Lipinski definition) is 5. The summed E-state index contributed by atoms with van der Waals surface area (Å²) >= 11 is 0. The fourth-order valence-corrected chi connectivity index (χ4v) is 6.39. The Morgan fingerprint density at radius 1 is 1.13 bits per heavy atom. The van der Waals surface area contributed by atoms with Crippen LogP contribution in [0.5, 0.6) is 5.75 Å². The second kappa shape index (κ2) is 13.5. The fourth-order valence-electron chi connectivity index (χ4n) is 6.39. The summed E-state index contributed by atoms with van der Waals surface area (Å²) < 4.78 is 5.68. The topological polar surface area (TPSA) is 93.6 Å². The molecule has 4 rings (SSSR count). The van der Waals surface area contributed by atoms with E-state index in [4.69, 9.17) is 4.74 Å². The fraction of sp³-hybridized carbons (Fsp3) is 0.700. The van der Waals surface area contributed by atoms with Crippen LogP contribution in [0.3, 0.4) is 0 Å². The Bertz CT molecular complexity index is 1010. The van der Waals surface area contributed by atoms with Crippen molar-refractivity contribution in [2.75, 3.05) is 59.5 Å². The largest absolute Gasteiger partial charge is 0.493 e. The van der Waals surface area contributed by atoms with Gasteiger partial charge in [0.05, 0.1) is 19.1 Å². The molecule has 1 aromatic carbocycles. The average Bonchev–Trinajstić information content (AvgIpc) is 3.53. The third kappa shape index (κ3) is 6.86. The Morgan fingerprint density at radius 3 is 2.56 bits per heavy atom. The van der Waals surface area contributed by atoms with Gasteiger partial charge in [-0.05, 0) is 42.9 Å². The van der Waals surface area contributed by atoms with E-state index in [0.717, 1.165) is 75.0 Å². The van der Waals surface area contributed by atoms with Gasteiger partial charge in [0, 0.05) is 64.7 Å². The number of fused-ring (bicyclic) bond motifs is 1. The number of unbranched alkanes of at least 4 members (excludes halogenated alkanes) is 2. The lowest BCUT2D eigenvalue weighted by atomic mass is 9.83. The number of urea groups is 1. The molecule has 2 fully saturated rings. The van der Waals surface area contributed by atoms with Crippen LogP contribution in [-0.2, 0) is 16.0 Å². The van der Waals surface area contributed by atoms with Crippen molar-refractivity contribution in [3.63, 3.8) is 0 Å². The van der Waals surface area contributed by atoms with Crippen LogP contribution < -0.4 is 4.74 Å². The number of likely N-dealkylation sites (tertiary alicyclic amines) is 1. The molecule has 0 saturated carbocycles. The molecule has 9 nitrogen and oxygen atoms in total. The van der Waals surface area contributed by atoms with Crippen LogP contribution in [0.4, 0.5) is 4.79 Å². The Morgan fingerprint density at radius 2 is 1.87 bits per heavy atom. The normalized spacial score (nSPS) is 23.2. The number of hydrogen-bond donors (Lipinski definition) is 1. The van der Waals surface area contributed by atoms with E-state index in [9.17, 15) is 19.5 Å². The van der Waals surface area contributed by atoms with E-state index in [0.29, 0.717) is 32.7 Å². The third-order valence-corrected chi connectivity index (χ3v) is 8.64. The van der Waals surface area contributed by atoms with Crippen LogP contribution in [-0.4, -0.2) is 108 Å². The number of carbonyl (C=O) groups is 3. The average molecular weight is 543 g/mol. The molecule has 3 aliphatic rings. The number of carboxylic acids is 1. The summed E-state index contributed by atoms with van der Waals surface area (Å²) in [6.07, 6.45) is 6.21. The molecular formula is C30H46N4O5. The number of carbonyl (C=O) groups excluding carboxylic acids is 2. The molecule has 2 saturated heterocycles. The summed E-state index contributed by atoms with van der Waals surface area (Å²) in [6.45, 7) is 9.01. The lowest BCUT2D eigenvalue weighted by molar-refractivity contribution is -0.144. The van der Waals surface area contributed by atoms with Crippen molar-refractivity contribution >= 4 is 17.9 Å². The van der Waals surface area contributed by atoms with Crippen LogP contribution in [0.1, 0.15) is 69.4 Å². The molecule has 1 aromatic rings. The Kier molecular flexibility index (Phi) is 10.1. The molecule has 0 unspecified atom stereocenters. The Balaban J connectivity index is 1.58. The van der Waals surface area contributed by atoms with Crippen LogP contribution >= 0.6 is 0 Å². The number of benzene rings is 1. The summed E-state index contributed by atoms with van der Waals surface area (Å²) in [5, 5.41) is 10.5. The predicted octanol–water partition coefficient (Wildman–Crippen LogP) is 3.67. The van der Waals surface area contributed by atoms with E-state index in [1.54, 1.807) is 4.90 Å². The highest BCUT2D eigenvalue weighted by molar-refractivity contribution is 5.79. The predicted molar refractivity (Wildman–Crippen MR) is 150 cm³/mol. The van der Waals surface area contributed by atoms with Gasteiger partial charge in [-0.25, -0.2) is 4.79 Å². The molecule has 3 heterocycles. The molecule has 3 amide bonds. The van der Waals surface area contributed by atoms with Crippen molar-refractivity contribution in [3.8, 4) is 5.75 Å². The Hall–Kier alpha value is -2.81. The zero-order valence-electron chi connectivity index (χ0n) is 23.9. The molecule has 9 heteroatoms. The van der Waals surface area contributed by atoms with Crippen molar-refractivity contribution < 1.29 is 24.2 Å². The molecule has 1 N–H and O–H groups in total. The van der Waals surface area contributed by atoms with Crippen LogP contribution in [0, 0.1) is 5.92 Å². The maximum absolute atomic E-state index is 13.6. The lowest BCUT2D eigenvalue weighted by Crippen LogP contribution is -2.50. The molecule has 3 atom stereocenters. The summed E-state index contributed by atoms with van der Waals surface area (Å²) in [5.41, 5.74) is 2.11. The number of rotatable bonds is 13. The van der Waals surface area contributed by atoms with Gasteiger partial charge >= 0.3 is 12.0 Å². The van der Waals surface area contributed by atoms with Gasteiger partial charge in [-0.2, -0.15) is 0 Å². The lowest BCUT2D eigenvalue weighted by Gasteiger charge is -2.35. The number of carboxylic acid groups (broad SMARTS) is 1. The number of ether oxygens (including phenoxy) is 1. The summed E-state index contributed by atoms with van der Waals surface area (Å²) in [6, 6.07) is 5.71. The van der Waals surface area contributed by atoms with Crippen molar-refractivity contribution in [3.05, 3.63) is 29.3 Å². The van der Waals surface area contributed by atoms with Gasteiger partial charge in [-0.1, -0.05) is 38.8 Å². The van der Waals surface area contributed by atoms with E-state index in [-0.39, 0.29) is 30.4 Å². The van der Waals surface area contributed by atoms with Crippen molar-refractivity contribution in [1.82, 2.24) is 19.6 Å². The highest BCUT2D eigenvalue weighted by atomic mass is 16.5. The molecule has 3 aliphatic heterocycles. The first-order valence-corrected chi connectivity index (χ1v) is 14.8. The highest BCUT2D eigenvalue weighted by Crippen LogP contribution is 2.41. The van der Waals surface area contributed by atoms with Gasteiger partial charge in [0.25, 0.3) is 0 Å². The minimum atomic E-state index is -0.840. The monoisotopic (exact) mass is 542 g/mol. The second-order valence-electron chi connectivity index (χ2n) is 11.4. The molecule has 216 valence electrons. The van der Waals surface area contributed by atoms with E-state index in [1.807, 2.05) is 29.0 Å². The maximum Gasteiger partial charge on any atom is 0.319 e. The minimum absolute atomic E-state index is 0.00535. The molecule has 39 heavy (non-hydrogen) atoms. The van der Waals surface area contributed by atoms with Crippen molar-refractivity contribution in [1.29, 1.82) is 0 Å². The van der Waals surface area contributed by atoms with E-state index in [1.165, 1.54) is 0 Å². The van der Waals surface area contributed by atoms with E-state index < -0.39 is 11.9 Å². The molecule has 0 aromatic heterocycles. The SMILES string of the molecule is CCCCN(CCCC)C(=O)CN1C[C@H](c2ccc3c(c2)CCO3)[C@@H](C(=O)O)[C@@H]1CCN1CCCN(C)C1=O. The minimum Gasteiger partial charge on any atom is -0.493 e. The number of amides is 3. The standard InChI is InChI=1S/C30H46N4O5/c1-4-6-14-32(15-7-5-2)27(35)21-34-20-24(22-9-10-26-23(19-22)12-18-39-26)28(29(36)37)25(34)11-17-33-16-8-13-31(3)30(33)38/h9-10,19,24-25,28H,4-8,11-18,20-21H2,1-3H3,(H,36,37)/t24-,25+,28-/m1/s1. The molecule has 0 spiro atoms. The first-order chi connectivity index (χ1) is 18.8. The first-order valence-electron chi connectivity index (χ1n) is 14.8. The van der Waals surface area contributed by atoms with Gasteiger partial charge in [-0.3, -0.25) is 14.5 Å². The van der Waals surface area contributed by atoms with E-state index in [2.05, 4.69) is 24.8 Å². The van der Waals surface area contributed by atoms with Crippen LogP contribution in [0.2, 0.25) is 0 Å². The van der Waals surface area contributed by atoms with Gasteiger partial charge in [0.15, 0.2) is 0 Å². The van der Waals surface area contributed by atoms with Crippen molar-refractivity contribution in [2.24, 2.45) is 5.92 Å². The van der Waals surface area contributed by atoms with Crippen LogP contribution in [0.15, 0.2) is 18.2 Å². The van der Waals surface area contributed by atoms with Gasteiger partial charge in [-0.15, -0.1) is 0 Å². The van der Waals surface area contributed by atoms with Gasteiger partial charge < -0.3 is 24.5 Å². The maximum atomic E-state index is 13.6. The summed E-state index contributed by atoms with van der Waals surface area (Å²) in [4.78, 5) is 46.7. The third-order valence-electron chi connectivity index (χ3n) is 8.64. The van der Waals surface area contributed by atoms with Gasteiger partial charge in [0.1, 0.15) is 5.75 Å².